The molecular weight excluding hydrogens is 384 g/mol. The van der Waals surface area contributed by atoms with Gasteiger partial charge in [-0.15, -0.1) is 11.3 Å². The molecule has 0 saturated carbocycles. The summed E-state index contributed by atoms with van der Waals surface area (Å²) in [5.41, 5.74) is 2.75. The highest BCUT2D eigenvalue weighted by atomic mass is 35.5. The van der Waals surface area contributed by atoms with Gasteiger partial charge < -0.3 is 9.47 Å². The molecule has 7 heteroatoms. The van der Waals surface area contributed by atoms with Crippen molar-refractivity contribution < 1.29 is 14.3 Å². The van der Waals surface area contributed by atoms with Gasteiger partial charge in [0.05, 0.1) is 17.8 Å². The summed E-state index contributed by atoms with van der Waals surface area (Å²) in [5.74, 6) is 1.02. The van der Waals surface area contributed by atoms with Gasteiger partial charge in [-0.25, -0.2) is 4.98 Å². The van der Waals surface area contributed by atoms with Crippen LogP contribution < -0.4 is 14.8 Å². The van der Waals surface area contributed by atoms with E-state index in [0.29, 0.717) is 21.7 Å². The first-order valence-corrected chi connectivity index (χ1v) is 9.66. The van der Waals surface area contributed by atoms with Gasteiger partial charge in [-0.1, -0.05) is 30.7 Å². The van der Waals surface area contributed by atoms with E-state index in [1.807, 2.05) is 35.7 Å². The van der Waals surface area contributed by atoms with Crippen LogP contribution in [0.5, 0.6) is 11.5 Å². The lowest BCUT2D eigenvalue weighted by Gasteiger charge is -2.07. The summed E-state index contributed by atoms with van der Waals surface area (Å²) in [6, 6.07) is 13.1. The third kappa shape index (κ3) is 4.99. The zero-order valence-corrected chi connectivity index (χ0v) is 16.6. The molecule has 140 valence electrons. The van der Waals surface area contributed by atoms with Crippen LogP contribution in [0.2, 0.25) is 5.02 Å². The number of amides is 1. The first-order valence-electron chi connectivity index (χ1n) is 8.40. The maximum Gasteiger partial charge on any atom is 0.264 e. The highest BCUT2D eigenvalue weighted by Crippen LogP contribution is 2.31. The number of halogens is 1. The van der Waals surface area contributed by atoms with Crippen molar-refractivity contribution in [2.45, 2.75) is 13.3 Å². The second-order valence-corrected chi connectivity index (χ2v) is 6.99. The smallest absolute Gasteiger partial charge is 0.264 e. The molecule has 0 radical (unpaired) electrons. The van der Waals surface area contributed by atoms with Crippen molar-refractivity contribution >= 4 is 34.0 Å². The maximum absolute atomic E-state index is 12.1. The molecule has 0 unspecified atom stereocenters. The largest absolute Gasteiger partial charge is 0.495 e. The number of rotatable bonds is 7. The van der Waals surface area contributed by atoms with Crippen LogP contribution in [0.1, 0.15) is 12.5 Å². The lowest BCUT2D eigenvalue weighted by molar-refractivity contribution is -0.118. The normalized spacial score (nSPS) is 10.5. The number of hydrogen-bond acceptors (Lipinski definition) is 5. The predicted molar refractivity (Wildman–Crippen MR) is 109 cm³/mol. The fourth-order valence-corrected chi connectivity index (χ4v) is 3.44. The number of carbonyl (C=O) groups excluding carboxylic acids is 1. The van der Waals surface area contributed by atoms with Crippen molar-refractivity contribution in [3.8, 4) is 22.8 Å². The molecule has 0 aliphatic heterocycles. The van der Waals surface area contributed by atoms with Gasteiger partial charge in [0.2, 0.25) is 0 Å². The second kappa shape index (κ2) is 8.88. The van der Waals surface area contributed by atoms with Gasteiger partial charge in [0.1, 0.15) is 11.5 Å². The first kappa shape index (κ1) is 19.2. The number of hydrogen-bond donors (Lipinski definition) is 1. The highest BCUT2D eigenvalue weighted by molar-refractivity contribution is 7.14. The molecule has 0 fully saturated rings. The van der Waals surface area contributed by atoms with E-state index in [2.05, 4.69) is 17.2 Å². The predicted octanol–water partition coefficient (Wildman–Crippen LogP) is 5.05. The lowest BCUT2D eigenvalue weighted by Crippen LogP contribution is -2.20. The summed E-state index contributed by atoms with van der Waals surface area (Å²) in [5, 5.41) is 5.63. The van der Waals surface area contributed by atoms with E-state index >= 15 is 0 Å². The Balaban J connectivity index is 1.60. The molecule has 0 bridgehead atoms. The monoisotopic (exact) mass is 402 g/mol. The minimum absolute atomic E-state index is 0.0730. The van der Waals surface area contributed by atoms with E-state index < -0.39 is 0 Å². The summed E-state index contributed by atoms with van der Waals surface area (Å²) in [7, 11) is 1.57. The fourth-order valence-electron chi connectivity index (χ4n) is 2.45. The van der Waals surface area contributed by atoms with E-state index in [-0.39, 0.29) is 12.5 Å². The van der Waals surface area contributed by atoms with E-state index in [0.717, 1.165) is 23.2 Å². The number of methoxy groups -OCH3 is 1. The number of carbonyl (C=O) groups is 1. The molecule has 5 nitrogen and oxygen atoms in total. The van der Waals surface area contributed by atoms with Crippen molar-refractivity contribution in [2.75, 3.05) is 19.0 Å². The zero-order chi connectivity index (χ0) is 19.2. The van der Waals surface area contributed by atoms with Crippen LogP contribution in [-0.2, 0) is 11.2 Å². The minimum Gasteiger partial charge on any atom is -0.495 e. The van der Waals surface area contributed by atoms with Crippen LogP contribution in [0.3, 0.4) is 0 Å². The lowest BCUT2D eigenvalue weighted by atomic mass is 10.2. The summed E-state index contributed by atoms with van der Waals surface area (Å²) < 4.78 is 10.7. The zero-order valence-electron chi connectivity index (χ0n) is 15.0. The molecule has 0 aliphatic rings. The van der Waals surface area contributed by atoms with Crippen LogP contribution in [0.15, 0.2) is 47.8 Å². The molecule has 1 amide bonds. The van der Waals surface area contributed by atoms with Gasteiger partial charge in [0.15, 0.2) is 11.7 Å². The summed E-state index contributed by atoms with van der Waals surface area (Å²) in [6.07, 6.45) is 0.917. The number of benzene rings is 2. The van der Waals surface area contributed by atoms with Gasteiger partial charge in [-0.3, -0.25) is 10.1 Å². The molecule has 0 atom stereocenters. The molecule has 0 aliphatic carbocycles. The summed E-state index contributed by atoms with van der Waals surface area (Å²) >= 11 is 7.50. The Bertz CT molecular complexity index is 942. The quantitative estimate of drug-likeness (QED) is 0.600. The number of aryl methyl sites for hydroxylation is 1. The third-order valence-electron chi connectivity index (χ3n) is 3.87. The summed E-state index contributed by atoms with van der Waals surface area (Å²) in [6.45, 7) is 2.00. The fraction of sp³-hybridized carbons (Fsp3) is 0.200. The van der Waals surface area contributed by atoms with Crippen molar-refractivity contribution in [1.29, 1.82) is 0 Å². The van der Waals surface area contributed by atoms with E-state index in [9.17, 15) is 4.79 Å². The van der Waals surface area contributed by atoms with E-state index in [1.54, 1.807) is 19.2 Å². The van der Waals surface area contributed by atoms with Gasteiger partial charge in [-0.2, -0.15) is 0 Å². The molecule has 3 aromatic rings. The topological polar surface area (TPSA) is 60.5 Å². The molecule has 27 heavy (non-hydrogen) atoms. The number of aromatic nitrogens is 1. The molecule has 0 saturated heterocycles. The van der Waals surface area contributed by atoms with Crippen molar-refractivity contribution in [3.05, 3.63) is 58.4 Å². The Morgan fingerprint density at radius 1 is 1.26 bits per heavy atom. The molecule has 2 aromatic carbocycles. The number of thiazole rings is 1. The Kier molecular flexibility index (Phi) is 6.32. The molecule has 3 rings (SSSR count). The van der Waals surface area contributed by atoms with Crippen LogP contribution in [0.25, 0.3) is 11.3 Å². The van der Waals surface area contributed by atoms with Crippen LogP contribution in [0, 0.1) is 0 Å². The van der Waals surface area contributed by atoms with Crippen molar-refractivity contribution in [3.63, 3.8) is 0 Å². The standard InChI is InChI=1S/C20H19ClN2O3S/c1-3-13-5-4-6-15(9-13)26-11-19(24)23-20-22-17(12-27-20)14-7-8-18(25-2)16(21)10-14/h4-10,12H,3,11H2,1-2H3,(H,22,23,24). The van der Waals surface area contributed by atoms with Gasteiger partial charge in [0.25, 0.3) is 5.91 Å². The average molecular weight is 403 g/mol. The summed E-state index contributed by atoms with van der Waals surface area (Å²) in [4.78, 5) is 16.5. The van der Waals surface area contributed by atoms with E-state index in [4.69, 9.17) is 21.1 Å². The first-order chi connectivity index (χ1) is 13.1. The van der Waals surface area contributed by atoms with Gasteiger partial charge >= 0.3 is 0 Å². The molecule has 1 aromatic heterocycles. The average Bonchev–Trinajstić information content (AvgIpc) is 3.15. The molecule has 1 heterocycles. The third-order valence-corrected chi connectivity index (χ3v) is 4.93. The molecular formula is C20H19ClN2O3S. The molecule has 1 N–H and O–H groups in total. The number of ether oxygens (including phenoxy) is 2. The Labute approximate surface area is 166 Å². The number of nitrogens with zero attached hydrogens (tertiary/aromatic N) is 1. The number of nitrogens with one attached hydrogen (secondary N) is 1. The SMILES string of the molecule is CCc1cccc(OCC(=O)Nc2nc(-c3ccc(OC)c(Cl)c3)cs2)c1. The van der Waals surface area contributed by atoms with Crippen LogP contribution >= 0.6 is 22.9 Å². The van der Waals surface area contributed by atoms with Crippen LogP contribution in [-0.4, -0.2) is 24.6 Å². The van der Waals surface area contributed by atoms with E-state index in [1.165, 1.54) is 11.3 Å². The van der Waals surface area contributed by atoms with Crippen molar-refractivity contribution in [1.82, 2.24) is 4.98 Å². The van der Waals surface area contributed by atoms with Gasteiger partial charge in [0, 0.05) is 10.9 Å². The van der Waals surface area contributed by atoms with Crippen LogP contribution in [0.4, 0.5) is 5.13 Å². The Morgan fingerprint density at radius 3 is 2.85 bits per heavy atom. The molecule has 0 spiro atoms. The number of anilines is 1. The van der Waals surface area contributed by atoms with Crippen molar-refractivity contribution in [2.24, 2.45) is 0 Å². The van der Waals surface area contributed by atoms with Gasteiger partial charge in [-0.05, 0) is 42.3 Å². The maximum atomic E-state index is 12.1. The Morgan fingerprint density at radius 2 is 2.11 bits per heavy atom. The highest BCUT2D eigenvalue weighted by Gasteiger charge is 2.10. The Hall–Kier alpha value is -2.57. The second-order valence-electron chi connectivity index (χ2n) is 5.73. The minimum atomic E-state index is -0.259.